The van der Waals surface area contributed by atoms with E-state index in [0.29, 0.717) is 0 Å². The zero-order valence-electron chi connectivity index (χ0n) is 10.4. The van der Waals surface area contributed by atoms with Gasteiger partial charge in [0.25, 0.3) is 10.1 Å². The average Bonchev–Trinajstić information content (AvgIpc) is 2.39. The zero-order chi connectivity index (χ0) is 13.0. The van der Waals surface area contributed by atoms with Crippen LogP contribution in [0.2, 0.25) is 0 Å². The molecule has 4 nitrogen and oxygen atoms in total. The molecule has 1 aromatic rings. The Bertz CT molecular complexity index is 563. The molecule has 0 amide bonds. The van der Waals surface area contributed by atoms with Gasteiger partial charge in [-0.2, -0.15) is 8.42 Å². The Kier molecular flexibility index (Phi) is 2.52. The third-order valence-electron chi connectivity index (χ3n) is 3.97. The van der Waals surface area contributed by atoms with Crippen molar-refractivity contribution in [2.24, 2.45) is 0 Å². The second-order valence-corrected chi connectivity index (χ2v) is 6.58. The molecule has 0 saturated heterocycles. The van der Waals surface area contributed by atoms with E-state index in [-0.39, 0.29) is 16.4 Å². The minimum Gasteiger partial charge on any atom is -0.371 e. The van der Waals surface area contributed by atoms with E-state index < -0.39 is 10.1 Å². The predicted octanol–water partition coefficient (Wildman–Crippen LogP) is 2.05. The highest BCUT2D eigenvalue weighted by molar-refractivity contribution is 7.85. The number of benzene rings is 1. The van der Waals surface area contributed by atoms with Crippen molar-refractivity contribution in [1.29, 1.82) is 0 Å². The van der Waals surface area contributed by atoms with Gasteiger partial charge in [-0.25, -0.2) is 0 Å². The fraction of sp³-hybridized carbons (Fsp3) is 0.500. The molecule has 1 heterocycles. The summed E-state index contributed by atoms with van der Waals surface area (Å²) in [5.41, 5.74) is 1.85. The second-order valence-electron chi connectivity index (χ2n) is 5.16. The van der Waals surface area contributed by atoms with Gasteiger partial charge in [0, 0.05) is 24.2 Å². The van der Waals surface area contributed by atoms with E-state index in [1.807, 2.05) is 7.05 Å². The summed E-state index contributed by atoms with van der Waals surface area (Å²) >= 11 is 0. The maximum Gasteiger partial charge on any atom is 0.294 e. The van der Waals surface area contributed by atoms with E-state index in [0.717, 1.165) is 11.3 Å². The van der Waals surface area contributed by atoms with E-state index in [1.165, 1.54) is 6.07 Å². The first-order valence-corrected chi connectivity index (χ1v) is 6.94. The van der Waals surface area contributed by atoms with Crippen LogP contribution in [0.3, 0.4) is 0 Å². The van der Waals surface area contributed by atoms with Crippen molar-refractivity contribution >= 4 is 15.8 Å². The maximum atomic E-state index is 11.1. The van der Waals surface area contributed by atoms with Crippen LogP contribution in [0.4, 0.5) is 5.69 Å². The molecular weight excluding hydrogens is 238 g/mol. The van der Waals surface area contributed by atoms with E-state index >= 15 is 0 Å². The van der Waals surface area contributed by atoms with Crippen molar-refractivity contribution < 1.29 is 13.0 Å². The summed E-state index contributed by atoms with van der Waals surface area (Å²) in [7, 11) is -2.14. The van der Waals surface area contributed by atoms with E-state index in [1.54, 1.807) is 12.1 Å². The van der Waals surface area contributed by atoms with Gasteiger partial charge in [-0.3, -0.25) is 4.55 Å². The molecule has 0 spiro atoms. The van der Waals surface area contributed by atoms with Crippen LogP contribution in [0.15, 0.2) is 23.1 Å². The number of hydrogen-bond donors (Lipinski definition) is 1. The van der Waals surface area contributed by atoms with E-state index in [4.69, 9.17) is 4.55 Å². The van der Waals surface area contributed by atoms with Gasteiger partial charge in [0.15, 0.2) is 0 Å². The number of likely N-dealkylation sites (N-methyl/N-ethyl adjacent to an activating group) is 1. The van der Waals surface area contributed by atoms with Gasteiger partial charge in [0.1, 0.15) is 0 Å². The van der Waals surface area contributed by atoms with E-state index in [9.17, 15) is 8.42 Å². The first-order valence-electron chi connectivity index (χ1n) is 5.50. The molecule has 5 heteroatoms. The second kappa shape index (κ2) is 3.46. The summed E-state index contributed by atoms with van der Waals surface area (Å²) in [5, 5.41) is 0. The quantitative estimate of drug-likeness (QED) is 0.780. The zero-order valence-corrected chi connectivity index (χ0v) is 11.2. The topological polar surface area (TPSA) is 57.6 Å². The van der Waals surface area contributed by atoms with Crippen LogP contribution in [0, 0.1) is 0 Å². The molecule has 1 N–H and O–H groups in total. The highest BCUT2D eigenvalue weighted by Crippen LogP contribution is 2.44. The van der Waals surface area contributed by atoms with Crippen molar-refractivity contribution in [3.8, 4) is 0 Å². The van der Waals surface area contributed by atoms with Crippen molar-refractivity contribution in [2.75, 3.05) is 11.9 Å². The number of anilines is 1. The maximum absolute atomic E-state index is 11.1. The Labute approximate surface area is 102 Å². The molecule has 0 aliphatic carbocycles. The molecule has 94 valence electrons. The first-order chi connectivity index (χ1) is 7.65. The van der Waals surface area contributed by atoms with Crippen LogP contribution in [0.25, 0.3) is 0 Å². The monoisotopic (exact) mass is 255 g/mol. The molecule has 0 aromatic heterocycles. The number of nitrogens with zero attached hydrogens (tertiary/aromatic N) is 1. The predicted molar refractivity (Wildman–Crippen MR) is 67.1 cm³/mol. The summed E-state index contributed by atoms with van der Waals surface area (Å²) < 4.78 is 31.4. The van der Waals surface area contributed by atoms with Crippen LogP contribution in [0.5, 0.6) is 0 Å². The minimum atomic E-state index is -4.13. The lowest BCUT2D eigenvalue weighted by Gasteiger charge is -2.28. The molecular formula is C12H17NO3S. The minimum absolute atomic E-state index is 0.0353. The number of fused-ring (bicyclic) bond motifs is 1. The Hall–Kier alpha value is -1.07. The molecule has 1 aromatic carbocycles. The SMILES string of the molecule is C[C@@H]1N(C)c2ccc(S(=O)(=O)O)cc2C1(C)C. The first kappa shape index (κ1) is 12.4. The lowest BCUT2D eigenvalue weighted by atomic mass is 9.81. The van der Waals surface area contributed by atoms with Gasteiger partial charge in [0.05, 0.1) is 4.90 Å². The summed E-state index contributed by atoms with van der Waals surface area (Å²) in [4.78, 5) is 2.09. The van der Waals surface area contributed by atoms with Crippen LogP contribution >= 0.6 is 0 Å². The van der Waals surface area contributed by atoms with Crippen molar-refractivity contribution in [1.82, 2.24) is 0 Å². The van der Waals surface area contributed by atoms with Crippen molar-refractivity contribution in [3.05, 3.63) is 23.8 Å². The van der Waals surface area contributed by atoms with Crippen LogP contribution < -0.4 is 4.90 Å². The molecule has 0 bridgehead atoms. The molecule has 17 heavy (non-hydrogen) atoms. The largest absolute Gasteiger partial charge is 0.371 e. The number of rotatable bonds is 1. The Morgan fingerprint density at radius 2 is 1.94 bits per heavy atom. The Morgan fingerprint density at radius 1 is 1.35 bits per heavy atom. The lowest BCUT2D eigenvalue weighted by Crippen LogP contribution is -2.36. The van der Waals surface area contributed by atoms with Crippen LogP contribution in [-0.4, -0.2) is 26.1 Å². The summed E-state index contributed by atoms with van der Waals surface area (Å²) in [6.07, 6.45) is 0. The van der Waals surface area contributed by atoms with Gasteiger partial charge in [0.2, 0.25) is 0 Å². The van der Waals surface area contributed by atoms with Crippen molar-refractivity contribution in [2.45, 2.75) is 37.1 Å². The summed E-state index contributed by atoms with van der Waals surface area (Å²) in [6, 6.07) is 5.06. The summed E-state index contributed by atoms with van der Waals surface area (Å²) in [5.74, 6) is 0. The smallest absolute Gasteiger partial charge is 0.294 e. The fourth-order valence-electron chi connectivity index (χ4n) is 2.42. The van der Waals surface area contributed by atoms with Gasteiger partial charge in [-0.05, 0) is 30.7 Å². The van der Waals surface area contributed by atoms with E-state index in [2.05, 4.69) is 25.7 Å². The molecule has 0 saturated carbocycles. The molecule has 1 aliphatic rings. The molecule has 0 unspecified atom stereocenters. The van der Waals surface area contributed by atoms with Gasteiger partial charge < -0.3 is 4.90 Å². The Balaban J connectivity index is 2.67. The summed E-state index contributed by atoms with van der Waals surface area (Å²) in [6.45, 7) is 6.26. The van der Waals surface area contributed by atoms with Crippen molar-refractivity contribution in [3.63, 3.8) is 0 Å². The number of hydrogen-bond acceptors (Lipinski definition) is 3. The standard InChI is InChI=1S/C12H17NO3S/c1-8-12(2,3)10-7-9(17(14,15)16)5-6-11(10)13(8)4/h5-8H,1-4H3,(H,14,15,16)/t8-/m0/s1. The highest BCUT2D eigenvalue weighted by atomic mass is 32.2. The molecule has 2 rings (SSSR count). The lowest BCUT2D eigenvalue weighted by molar-refractivity contribution is 0.453. The highest BCUT2D eigenvalue weighted by Gasteiger charge is 2.40. The third kappa shape index (κ3) is 1.73. The van der Waals surface area contributed by atoms with Crippen LogP contribution in [0.1, 0.15) is 26.3 Å². The fourth-order valence-corrected chi connectivity index (χ4v) is 2.92. The van der Waals surface area contributed by atoms with Gasteiger partial charge in [-0.1, -0.05) is 13.8 Å². The molecule has 0 radical (unpaired) electrons. The average molecular weight is 255 g/mol. The van der Waals surface area contributed by atoms with Gasteiger partial charge >= 0.3 is 0 Å². The third-order valence-corrected chi connectivity index (χ3v) is 4.82. The molecule has 1 aliphatic heterocycles. The van der Waals surface area contributed by atoms with Crippen LogP contribution in [-0.2, 0) is 15.5 Å². The molecule has 1 atom stereocenters. The Morgan fingerprint density at radius 3 is 2.47 bits per heavy atom. The molecule has 0 fully saturated rings. The van der Waals surface area contributed by atoms with Gasteiger partial charge in [-0.15, -0.1) is 0 Å². The normalized spacial score (nSPS) is 22.6.